The standard InChI is InChI=1S/C25H41NO3/c1-24-9-7-15(3-4-16-12-26-13-16)11-20(24)17(14-27)23(29)22-18-5-6-21(28)25(18,2)10-8-19(22)24/h15-20,22-23,26-27,29H,3-14H2,1-2H3/t15-,17?,18?,19?,20?,22?,23?,24+,25-/m0/s1. The van der Waals surface area contributed by atoms with Crippen LogP contribution in [0, 0.1) is 52.3 Å². The molecule has 3 N–H and O–H groups in total. The molecule has 0 amide bonds. The van der Waals surface area contributed by atoms with Gasteiger partial charge in [-0.1, -0.05) is 20.3 Å². The van der Waals surface area contributed by atoms with Crippen LogP contribution in [0.4, 0.5) is 0 Å². The molecule has 4 heteroatoms. The first kappa shape index (κ1) is 20.5. The summed E-state index contributed by atoms with van der Waals surface area (Å²) in [5.41, 5.74) is -0.00184. The highest BCUT2D eigenvalue weighted by molar-refractivity contribution is 5.87. The second kappa shape index (κ2) is 7.31. The summed E-state index contributed by atoms with van der Waals surface area (Å²) in [4.78, 5) is 12.7. The molecule has 4 saturated carbocycles. The lowest BCUT2D eigenvalue weighted by Gasteiger charge is -2.64. The van der Waals surface area contributed by atoms with Crippen molar-refractivity contribution in [3.63, 3.8) is 0 Å². The molecule has 164 valence electrons. The molecule has 0 spiro atoms. The first-order chi connectivity index (χ1) is 13.9. The van der Waals surface area contributed by atoms with Crippen LogP contribution in [0.2, 0.25) is 0 Å². The number of nitrogens with one attached hydrogen (secondary N) is 1. The lowest BCUT2D eigenvalue weighted by molar-refractivity contribution is -0.201. The monoisotopic (exact) mass is 403 g/mol. The van der Waals surface area contributed by atoms with Crippen LogP contribution in [-0.2, 0) is 4.79 Å². The Hall–Kier alpha value is -0.450. The van der Waals surface area contributed by atoms with Gasteiger partial charge < -0.3 is 15.5 Å². The van der Waals surface area contributed by atoms with Crippen LogP contribution in [0.3, 0.4) is 0 Å². The van der Waals surface area contributed by atoms with Gasteiger partial charge in [0, 0.05) is 24.4 Å². The van der Waals surface area contributed by atoms with Crippen molar-refractivity contribution in [3.8, 4) is 0 Å². The summed E-state index contributed by atoms with van der Waals surface area (Å²) in [6.45, 7) is 7.13. The van der Waals surface area contributed by atoms with Crippen LogP contribution in [0.15, 0.2) is 0 Å². The van der Waals surface area contributed by atoms with Gasteiger partial charge in [0.25, 0.3) is 0 Å². The molecule has 1 saturated heterocycles. The molecule has 1 aliphatic heterocycles. The van der Waals surface area contributed by atoms with Gasteiger partial charge in [-0.2, -0.15) is 0 Å². The van der Waals surface area contributed by atoms with E-state index in [1.165, 1.54) is 45.2 Å². The average Bonchev–Trinajstić information content (AvgIpc) is 2.97. The zero-order chi connectivity index (χ0) is 20.4. The van der Waals surface area contributed by atoms with Gasteiger partial charge in [-0.3, -0.25) is 4.79 Å². The Labute approximate surface area is 176 Å². The molecule has 4 nitrogen and oxygen atoms in total. The number of hydrogen-bond donors (Lipinski definition) is 3. The van der Waals surface area contributed by atoms with Crippen LogP contribution in [-0.4, -0.2) is 41.8 Å². The van der Waals surface area contributed by atoms with Crippen molar-refractivity contribution >= 4 is 5.78 Å². The summed E-state index contributed by atoms with van der Waals surface area (Å²) >= 11 is 0. The third-order valence-electron chi connectivity index (χ3n) is 10.8. The third-order valence-corrected chi connectivity index (χ3v) is 10.8. The molecule has 5 fully saturated rings. The van der Waals surface area contributed by atoms with Gasteiger partial charge in [0.15, 0.2) is 0 Å². The van der Waals surface area contributed by atoms with Gasteiger partial charge in [-0.25, -0.2) is 0 Å². The quantitative estimate of drug-likeness (QED) is 0.673. The number of rotatable bonds is 4. The van der Waals surface area contributed by atoms with Crippen LogP contribution in [0.25, 0.3) is 0 Å². The lowest BCUT2D eigenvalue weighted by Crippen LogP contribution is -2.62. The molecule has 0 bridgehead atoms. The molecule has 0 aromatic rings. The highest BCUT2D eigenvalue weighted by atomic mass is 16.3. The van der Waals surface area contributed by atoms with E-state index in [1.807, 2.05) is 0 Å². The molecular weight excluding hydrogens is 362 g/mol. The largest absolute Gasteiger partial charge is 0.396 e. The zero-order valence-corrected chi connectivity index (χ0v) is 18.4. The minimum Gasteiger partial charge on any atom is -0.396 e. The van der Waals surface area contributed by atoms with Gasteiger partial charge in [-0.15, -0.1) is 0 Å². The van der Waals surface area contributed by atoms with Crippen LogP contribution >= 0.6 is 0 Å². The van der Waals surface area contributed by atoms with E-state index < -0.39 is 6.10 Å². The fraction of sp³-hybridized carbons (Fsp3) is 0.960. The van der Waals surface area contributed by atoms with E-state index in [9.17, 15) is 15.0 Å². The van der Waals surface area contributed by atoms with Gasteiger partial charge in [0.05, 0.1) is 6.10 Å². The third kappa shape index (κ3) is 2.99. The highest BCUT2D eigenvalue weighted by Gasteiger charge is 2.64. The maximum atomic E-state index is 12.7. The molecular formula is C25H41NO3. The van der Waals surface area contributed by atoms with E-state index in [0.29, 0.717) is 30.0 Å². The highest BCUT2D eigenvalue weighted by Crippen LogP contribution is 2.67. The number of Topliss-reactive ketones (excluding diaryl/α,β-unsaturated/α-hetero) is 1. The summed E-state index contributed by atoms with van der Waals surface area (Å²) in [6, 6.07) is 0. The number of aliphatic hydroxyl groups is 2. The van der Waals surface area contributed by atoms with Crippen molar-refractivity contribution in [2.24, 2.45) is 52.3 Å². The van der Waals surface area contributed by atoms with Gasteiger partial charge in [0.2, 0.25) is 0 Å². The Morgan fingerprint density at radius 2 is 1.76 bits per heavy atom. The summed E-state index contributed by atoms with van der Waals surface area (Å²) in [6.07, 6.45) is 9.69. The van der Waals surface area contributed by atoms with E-state index >= 15 is 0 Å². The fourth-order valence-electron chi connectivity index (χ4n) is 8.83. The number of carbonyl (C=O) groups excluding carboxylic acids is 1. The van der Waals surface area contributed by atoms with Crippen molar-refractivity contribution in [1.29, 1.82) is 0 Å². The fourth-order valence-corrected chi connectivity index (χ4v) is 8.83. The van der Waals surface area contributed by atoms with Gasteiger partial charge in [-0.05, 0) is 99.0 Å². The van der Waals surface area contributed by atoms with E-state index in [4.69, 9.17) is 0 Å². The minimum absolute atomic E-state index is 0.00697. The summed E-state index contributed by atoms with van der Waals surface area (Å²) in [7, 11) is 0. The van der Waals surface area contributed by atoms with E-state index in [-0.39, 0.29) is 29.3 Å². The van der Waals surface area contributed by atoms with Gasteiger partial charge >= 0.3 is 0 Å². The van der Waals surface area contributed by atoms with Crippen molar-refractivity contribution in [1.82, 2.24) is 5.32 Å². The first-order valence-corrected chi connectivity index (χ1v) is 12.4. The maximum Gasteiger partial charge on any atom is 0.139 e. The second-order valence-corrected chi connectivity index (χ2v) is 11.9. The molecule has 0 aromatic carbocycles. The average molecular weight is 404 g/mol. The number of carbonyl (C=O) groups is 1. The molecule has 9 atom stereocenters. The number of fused-ring (bicyclic) bond motifs is 5. The maximum absolute atomic E-state index is 12.7. The predicted molar refractivity (Wildman–Crippen MR) is 113 cm³/mol. The van der Waals surface area contributed by atoms with Crippen LogP contribution in [0.1, 0.15) is 71.6 Å². The Morgan fingerprint density at radius 3 is 2.45 bits per heavy atom. The molecule has 29 heavy (non-hydrogen) atoms. The summed E-state index contributed by atoms with van der Waals surface area (Å²) in [5, 5.41) is 25.3. The molecule has 0 radical (unpaired) electrons. The molecule has 0 aromatic heterocycles. The van der Waals surface area contributed by atoms with Crippen molar-refractivity contribution in [2.75, 3.05) is 19.7 Å². The topological polar surface area (TPSA) is 69.6 Å². The smallest absolute Gasteiger partial charge is 0.139 e. The molecule has 4 aliphatic carbocycles. The van der Waals surface area contributed by atoms with E-state index in [2.05, 4.69) is 19.2 Å². The van der Waals surface area contributed by atoms with Gasteiger partial charge in [0.1, 0.15) is 5.78 Å². The lowest BCUT2D eigenvalue weighted by atomic mass is 9.41. The number of hydrogen-bond acceptors (Lipinski definition) is 4. The van der Waals surface area contributed by atoms with Crippen molar-refractivity contribution in [3.05, 3.63) is 0 Å². The van der Waals surface area contributed by atoms with E-state index in [1.54, 1.807) is 0 Å². The molecule has 5 rings (SSSR count). The molecule has 6 unspecified atom stereocenters. The van der Waals surface area contributed by atoms with E-state index in [0.717, 1.165) is 31.1 Å². The Balaban J connectivity index is 1.38. The number of ketones is 1. The van der Waals surface area contributed by atoms with Crippen molar-refractivity contribution < 1.29 is 15.0 Å². The molecule has 5 aliphatic rings. The van der Waals surface area contributed by atoms with Crippen molar-refractivity contribution in [2.45, 2.75) is 77.7 Å². The summed E-state index contributed by atoms with van der Waals surface area (Å²) in [5.74, 6) is 3.52. The first-order valence-electron chi connectivity index (χ1n) is 12.4. The number of aliphatic hydroxyl groups excluding tert-OH is 2. The summed E-state index contributed by atoms with van der Waals surface area (Å²) < 4.78 is 0. The minimum atomic E-state index is -0.437. The van der Waals surface area contributed by atoms with Crippen LogP contribution in [0.5, 0.6) is 0 Å². The van der Waals surface area contributed by atoms with Crippen LogP contribution < -0.4 is 5.32 Å². The predicted octanol–water partition coefficient (Wildman–Crippen LogP) is 3.40. The second-order valence-electron chi connectivity index (χ2n) is 11.9. The molecule has 1 heterocycles. The normalized spacial score (nSPS) is 52.4. The SMILES string of the molecule is C[C@]12CC[C@H](CCC3CNC3)CC1C(CO)C(O)C1C2CC[C@]2(C)C(=O)CCC12. The Kier molecular flexibility index (Phi) is 5.15. The Morgan fingerprint density at radius 1 is 1.00 bits per heavy atom. The zero-order valence-electron chi connectivity index (χ0n) is 18.4. The Bertz CT molecular complexity index is 648.